The largest absolute Gasteiger partial charge is 0.347 e. The van der Waals surface area contributed by atoms with Gasteiger partial charge in [-0.25, -0.2) is 4.79 Å². The van der Waals surface area contributed by atoms with E-state index >= 15 is 0 Å². The predicted octanol–water partition coefficient (Wildman–Crippen LogP) is 1.80. The number of carbonyl (C=O) groups is 1. The lowest BCUT2D eigenvalue weighted by atomic mass is 10.1. The molecule has 8 heteroatoms. The highest BCUT2D eigenvalue weighted by Crippen LogP contribution is 2.25. The van der Waals surface area contributed by atoms with Crippen molar-refractivity contribution < 1.29 is 4.79 Å². The molecule has 0 saturated heterocycles. The maximum absolute atomic E-state index is 12.5. The number of carbonyl (C=O) groups excluding carboxylic acids is 1. The van der Waals surface area contributed by atoms with Crippen molar-refractivity contribution in [2.75, 3.05) is 11.9 Å². The number of amides is 2. The molecule has 0 saturated carbocycles. The quantitative estimate of drug-likeness (QED) is 0.548. The molecule has 0 unspecified atom stereocenters. The molecule has 2 aliphatic heterocycles. The Kier molecular flexibility index (Phi) is 4.11. The van der Waals surface area contributed by atoms with Gasteiger partial charge in [-0.3, -0.25) is 10.1 Å². The molecule has 24 heavy (non-hydrogen) atoms. The number of hydrogen-bond donors (Lipinski definition) is 4. The molecule has 0 aliphatic carbocycles. The first-order valence-corrected chi connectivity index (χ1v) is 7.41. The number of benzene rings is 1. The van der Waals surface area contributed by atoms with Crippen LogP contribution in [0.5, 0.6) is 0 Å². The SMILES string of the molecule is CCNC(=O)Nc1[nH]cc2c(=O)n(-c3ccccc3)nc-2c1C=N. The van der Waals surface area contributed by atoms with Gasteiger partial charge in [0.05, 0.1) is 16.8 Å². The second kappa shape index (κ2) is 6.37. The Labute approximate surface area is 137 Å². The van der Waals surface area contributed by atoms with Crippen molar-refractivity contribution in [2.24, 2.45) is 0 Å². The van der Waals surface area contributed by atoms with E-state index in [1.165, 1.54) is 10.9 Å². The van der Waals surface area contributed by atoms with Gasteiger partial charge in [-0.2, -0.15) is 9.78 Å². The summed E-state index contributed by atoms with van der Waals surface area (Å²) in [6.07, 6.45) is 2.54. The summed E-state index contributed by atoms with van der Waals surface area (Å²) in [5, 5.41) is 17.2. The monoisotopic (exact) mass is 324 g/mol. The number of aromatic amines is 1. The van der Waals surface area contributed by atoms with Crippen LogP contribution in [0.25, 0.3) is 16.9 Å². The lowest BCUT2D eigenvalue weighted by Crippen LogP contribution is -2.29. The fourth-order valence-corrected chi connectivity index (χ4v) is 2.39. The van der Waals surface area contributed by atoms with E-state index in [4.69, 9.17) is 5.41 Å². The normalized spacial score (nSPS) is 10.5. The van der Waals surface area contributed by atoms with Gasteiger partial charge in [-0.1, -0.05) is 18.2 Å². The van der Waals surface area contributed by atoms with Crippen LogP contribution < -0.4 is 16.2 Å². The molecular formula is C16H16N6O2. The fraction of sp³-hybridized carbons (Fsp3) is 0.125. The highest BCUT2D eigenvalue weighted by Gasteiger charge is 2.22. The van der Waals surface area contributed by atoms with E-state index in [9.17, 15) is 9.59 Å². The predicted molar refractivity (Wildman–Crippen MR) is 91.4 cm³/mol. The van der Waals surface area contributed by atoms with E-state index < -0.39 is 6.03 Å². The number of para-hydroxylation sites is 1. The Balaban J connectivity index is 2.13. The molecule has 2 aliphatic rings. The Morgan fingerprint density at radius 3 is 2.79 bits per heavy atom. The van der Waals surface area contributed by atoms with Crippen molar-refractivity contribution in [3.63, 3.8) is 0 Å². The molecule has 0 radical (unpaired) electrons. The number of aromatic nitrogens is 3. The fourth-order valence-electron chi connectivity index (χ4n) is 2.39. The van der Waals surface area contributed by atoms with Crippen LogP contribution in [0.1, 0.15) is 12.5 Å². The standard InChI is InChI=1S/C16H16N6O2/c1-2-18-16(24)20-14-11(8-17)13-12(9-19-14)15(23)22(21-13)10-6-4-3-5-7-10/h3-9,17,19H,2H2,1H3,(H2,18,20,24). The number of fused-ring (bicyclic) bond motifs is 1. The molecule has 4 N–H and O–H groups in total. The Bertz CT molecular complexity index is 912. The average Bonchev–Trinajstić information content (AvgIpc) is 2.93. The van der Waals surface area contributed by atoms with E-state index in [1.807, 2.05) is 18.2 Å². The zero-order valence-corrected chi connectivity index (χ0v) is 13.0. The van der Waals surface area contributed by atoms with Crippen molar-refractivity contribution in [2.45, 2.75) is 6.92 Å². The van der Waals surface area contributed by atoms with E-state index in [2.05, 4.69) is 20.7 Å². The van der Waals surface area contributed by atoms with Gasteiger partial charge >= 0.3 is 6.03 Å². The number of pyridine rings is 1. The van der Waals surface area contributed by atoms with Gasteiger partial charge < -0.3 is 15.7 Å². The van der Waals surface area contributed by atoms with Gasteiger partial charge in [0.2, 0.25) is 0 Å². The zero-order valence-electron chi connectivity index (χ0n) is 13.0. The van der Waals surface area contributed by atoms with E-state index in [0.717, 1.165) is 6.21 Å². The minimum Gasteiger partial charge on any atom is -0.347 e. The highest BCUT2D eigenvalue weighted by molar-refractivity contribution is 5.99. The highest BCUT2D eigenvalue weighted by atomic mass is 16.2. The number of urea groups is 1. The van der Waals surface area contributed by atoms with Crippen molar-refractivity contribution in [1.82, 2.24) is 20.1 Å². The lowest BCUT2D eigenvalue weighted by molar-refractivity contribution is 0.252. The first kappa shape index (κ1) is 15.5. The molecule has 0 atom stereocenters. The summed E-state index contributed by atoms with van der Waals surface area (Å²) in [5.41, 5.74) is 1.38. The van der Waals surface area contributed by atoms with Crippen LogP contribution >= 0.6 is 0 Å². The molecular weight excluding hydrogens is 308 g/mol. The molecule has 8 nitrogen and oxygen atoms in total. The molecule has 2 amide bonds. The van der Waals surface area contributed by atoms with E-state index in [-0.39, 0.29) is 5.56 Å². The third-order valence-corrected chi connectivity index (χ3v) is 3.48. The first-order valence-electron chi connectivity index (χ1n) is 7.41. The summed E-state index contributed by atoms with van der Waals surface area (Å²) in [4.78, 5) is 27.1. The number of H-pyrrole nitrogens is 1. The topological polar surface area (TPSA) is 116 Å². The van der Waals surface area contributed by atoms with Crippen molar-refractivity contribution >= 4 is 18.1 Å². The summed E-state index contributed by atoms with van der Waals surface area (Å²) in [7, 11) is 0. The number of anilines is 1. The third kappa shape index (κ3) is 2.65. The molecule has 2 heterocycles. The lowest BCUT2D eigenvalue weighted by Gasteiger charge is -2.10. The maximum Gasteiger partial charge on any atom is 0.320 e. The zero-order chi connectivity index (χ0) is 17.1. The van der Waals surface area contributed by atoms with Crippen LogP contribution in [0.3, 0.4) is 0 Å². The minimum absolute atomic E-state index is 0.292. The number of rotatable bonds is 4. The van der Waals surface area contributed by atoms with E-state index in [0.29, 0.717) is 34.9 Å². The molecule has 3 rings (SSSR count). The Morgan fingerprint density at radius 2 is 2.12 bits per heavy atom. The average molecular weight is 324 g/mol. The van der Waals surface area contributed by atoms with Gasteiger partial charge in [0.15, 0.2) is 0 Å². The van der Waals surface area contributed by atoms with Gasteiger partial charge in [0.1, 0.15) is 11.5 Å². The van der Waals surface area contributed by atoms with Gasteiger partial charge in [-0.15, -0.1) is 0 Å². The molecule has 1 aromatic rings. The minimum atomic E-state index is -0.402. The second-order valence-electron chi connectivity index (χ2n) is 5.02. The smallest absolute Gasteiger partial charge is 0.320 e. The molecule has 0 aromatic heterocycles. The summed E-state index contributed by atoms with van der Waals surface area (Å²) < 4.78 is 1.28. The van der Waals surface area contributed by atoms with Crippen molar-refractivity contribution in [1.29, 1.82) is 5.41 Å². The van der Waals surface area contributed by atoms with Gasteiger partial charge in [0.25, 0.3) is 5.56 Å². The van der Waals surface area contributed by atoms with Crippen LogP contribution in [0.4, 0.5) is 10.6 Å². The number of nitrogens with one attached hydrogen (secondary N) is 4. The van der Waals surface area contributed by atoms with Crippen LogP contribution in [0.15, 0.2) is 41.3 Å². The van der Waals surface area contributed by atoms with Crippen LogP contribution in [-0.2, 0) is 0 Å². The Morgan fingerprint density at radius 1 is 1.38 bits per heavy atom. The van der Waals surface area contributed by atoms with Crippen molar-refractivity contribution in [3.8, 4) is 16.9 Å². The van der Waals surface area contributed by atoms with E-state index in [1.54, 1.807) is 19.1 Å². The summed E-state index contributed by atoms with van der Waals surface area (Å²) in [6.45, 7) is 2.27. The molecule has 1 aromatic carbocycles. The summed E-state index contributed by atoms with van der Waals surface area (Å²) in [5.74, 6) is 0.307. The molecule has 0 spiro atoms. The Hall–Kier alpha value is -3.42. The number of hydrogen-bond acceptors (Lipinski definition) is 4. The van der Waals surface area contributed by atoms with Gasteiger partial charge in [-0.05, 0) is 19.1 Å². The molecule has 122 valence electrons. The van der Waals surface area contributed by atoms with Crippen LogP contribution in [0.2, 0.25) is 0 Å². The van der Waals surface area contributed by atoms with Crippen LogP contribution in [-0.4, -0.2) is 33.6 Å². The third-order valence-electron chi connectivity index (χ3n) is 3.48. The molecule has 0 bridgehead atoms. The molecule has 0 fully saturated rings. The first-order chi connectivity index (χ1) is 11.7. The second-order valence-corrected chi connectivity index (χ2v) is 5.02. The summed E-state index contributed by atoms with van der Waals surface area (Å²) >= 11 is 0. The van der Waals surface area contributed by atoms with Gasteiger partial charge in [0, 0.05) is 19.0 Å². The maximum atomic E-state index is 12.5. The van der Waals surface area contributed by atoms with Crippen LogP contribution in [0, 0.1) is 5.41 Å². The van der Waals surface area contributed by atoms with Crippen molar-refractivity contribution in [3.05, 3.63) is 52.4 Å². The number of nitrogens with zero attached hydrogens (tertiary/aromatic N) is 2. The summed E-state index contributed by atoms with van der Waals surface area (Å²) in [6, 6.07) is 8.62.